The van der Waals surface area contributed by atoms with E-state index in [1.54, 1.807) is 0 Å². The molecule has 1 aromatic rings. The Balaban J connectivity index is 2.23. The highest BCUT2D eigenvalue weighted by atomic mass is 32.2. The Morgan fingerprint density at radius 1 is 1.19 bits per heavy atom. The summed E-state index contributed by atoms with van der Waals surface area (Å²) in [6, 6.07) is 10.2. The van der Waals surface area contributed by atoms with Gasteiger partial charge in [0, 0.05) is 19.1 Å². The van der Waals surface area contributed by atoms with Crippen molar-refractivity contribution in [3.05, 3.63) is 35.9 Å². The molecule has 3 atom stereocenters. The zero-order valence-electron chi connectivity index (χ0n) is 17.0. The van der Waals surface area contributed by atoms with Crippen LogP contribution in [0.3, 0.4) is 0 Å². The van der Waals surface area contributed by atoms with E-state index in [2.05, 4.69) is 50.9 Å². The monoisotopic (exact) mass is 399 g/mol. The van der Waals surface area contributed by atoms with Crippen LogP contribution in [0, 0.1) is 0 Å². The third-order valence-electron chi connectivity index (χ3n) is 5.60. The molecule has 148 valence electrons. The van der Waals surface area contributed by atoms with Crippen LogP contribution in [0.25, 0.3) is 0 Å². The van der Waals surface area contributed by atoms with Crippen molar-refractivity contribution in [2.45, 2.75) is 70.6 Å². The van der Waals surface area contributed by atoms with Gasteiger partial charge in [-0.2, -0.15) is 8.42 Å². The number of hydrogen-bond acceptors (Lipinski definition) is 5. The standard InChI is InChI=1S/C19H33NO4SSi/c1-15-18(23-25(5,21)22)17(24-26(6,7)19(2,3)4)14-20(15)13-16-11-9-8-10-12-16/h8-12,15,17-18H,13-14H2,1-7H3/t15-,17-,18-/m0/s1. The quantitative estimate of drug-likeness (QED) is 0.540. The van der Waals surface area contributed by atoms with Gasteiger partial charge >= 0.3 is 0 Å². The lowest BCUT2D eigenvalue weighted by Crippen LogP contribution is -2.48. The van der Waals surface area contributed by atoms with Crippen molar-refractivity contribution >= 4 is 18.4 Å². The summed E-state index contributed by atoms with van der Waals surface area (Å²) in [6.45, 7) is 14.4. The van der Waals surface area contributed by atoms with Gasteiger partial charge in [0.25, 0.3) is 10.1 Å². The van der Waals surface area contributed by atoms with E-state index in [1.165, 1.54) is 5.56 Å². The van der Waals surface area contributed by atoms with E-state index in [9.17, 15) is 8.42 Å². The first-order valence-electron chi connectivity index (χ1n) is 9.14. The Morgan fingerprint density at radius 2 is 1.77 bits per heavy atom. The van der Waals surface area contributed by atoms with Crippen LogP contribution in [0.5, 0.6) is 0 Å². The molecular formula is C19H33NO4SSi. The SMILES string of the molecule is C[C@H]1[C@H](OS(C)(=O)=O)[C@@H](O[Si](C)(C)C(C)(C)C)CN1Cc1ccccc1. The summed E-state index contributed by atoms with van der Waals surface area (Å²) in [7, 11) is -5.59. The number of hydrogen-bond donors (Lipinski definition) is 0. The van der Waals surface area contributed by atoms with Gasteiger partial charge in [-0.15, -0.1) is 0 Å². The zero-order chi connectivity index (χ0) is 19.8. The Labute approximate surface area is 159 Å². The van der Waals surface area contributed by atoms with Crippen molar-refractivity contribution in [2.24, 2.45) is 0 Å². The van der Waals surface area contributed by atoms with E-state index in [0.29, 0.717) is 6.54 Å². The van der Waals surface area contributed by atoms with Gasteiger partial charge in [-0.3, -0.25) is 9.08 Å². The lowest BCUT2D eigenvalue weighted by atomic mass is 10.1. The van der Waals surface area contributed by atoms with E-state index in [0.717, 1.165) is 12.8 Å². The van der Waals surface area contributed by atoms with Crippen molar-refractivity contribution < 1.29 is 17.0 Å². The van der Waals surface area contributed by atoms with Crippen LogP contribution >= 0.6 is 0 Å². The third-order valence-corrected chi connectivity index (χ3v) is 10.7. The molecule has 0 amide bonds. The fourth-order valence-corrected chi connectivity index (χ4v) is 5.06. The van der Waals surface area contributed by atoms with Gasteiger partial charge in [-0.1, -0.05) is 51.1 Å². The van der Waals surface area contributed by atoms with E-state index < -0.39 is 24.5 Å². The lowest BCUT2D eigenvalue weighted by molar-refractivity contribution is 0.0713. The first kappa shape index (κ1) is 21.6. The van der Waals surface area contributed by atoms with Crippen LogP contribution in [-0.4, -0.2) is 52.7 Å². The summed E-state index contributed by atoms with van der Waals surface area (Å²) >= 11 is 0. The first-order valence-corrected chi connectivity index (χ1v) is 13.9. The second-order valence-corrected chi connectivity index (χ2v) is 15.2. The van der Waals surface area contributed by atoms with E-state index in [4.69, 9.17) is 8.61 Å². The average molecular weight is 400 g/mol. The molecule has 0 aromatic heterocycles. The summed E-state index contributed by atoms with van der Waals surface area (Å²) in [5.41, 5.74) is 1.20. The molecular weight excluding hydrogens is 366 g/mol. The highest BCUT2D eigenvalue weighted by Crippen LogP contribution is 2.39. The van der Waals surface area contributed by atoms with Gasteiger partial charge in [0.2, 0.25) is 0 Å². The van der Waals surface area contributed by atoms with Crippen molar-refractivity contribution in [2.75, 3.05) is 12.8 Å². The number of rotatable bonds is 6. The number of benzene rings is 1. The normalized spacial score (nSPS) is 25.6. The molecule has 1 aliphatic heterocycles. The maximum atomic E-state index is 11.8. The summed E-state index contributed by atoms with van der Waals surface area (Å²) in [4.78, 5) is 2.25. The fraction of sp³-hybridized carbons (Fsp3) is 0.684. The highest BCUT2D eigenvalue weighted by Gasteiger charge is 2.47. The molecule has 7 heteroatoms. The zero-order valence-corrected chi connectivity index (χ0v) is 18.8. The molecule has 1 fully saturated rings. The van der Waals surface area contributed by atoms with Crippen LogP contribution in [0.15, 0.2) is 30.3 Å². The predicted molar refractivity (Wildman–Crippen MR) is 108 cm³/mol. The summed E-state index contributed by atoms with van der Waals surface area (Å²) < 4.78 is 35.7. The fourth-order valence-electron chi connectivity index (χ4n) is 3.05. The van der Waals surface area contributed by atoms with E-state index in [-0.39, 0.29) is 17.2 Å². The molecule has 1 saturated heterocycles. The summed E-state index contributed by atoms with van der Waals surface area (Å²) in [5.74, 6) is 0. The average Bonchev–Trinajstić information content (AvgIpc) is 2.74. The third kappa shape index (κ3) is 5.39. The molecule has 0 unspecified atom stereocenters. The van der Waals surface area contributed by atoms with Gasteiger partial charge < -0.3 is 4.43 Å². The van der Waals surface area contributed by atoms with Crippen LogP contribution in [0.1, 0.15) is 33.3 Å². The van der Waals surface area contributed by atoms with Crippen molar-refractivity contribution in [3.63, 3.8) is 0 Å². The topological polar surface area (TPSA) is 55.8 Å². The largest absolute Gasteiger partial charge is 0.410 e. The van der Waals surface area contributed by atoms with Crippen molar-refractivity contribution in [1.82, 2.24) is 4.90 Å². The minimum atomic E-state index is -3.55. The lowest BCUT2D eigenvalue weighted by Gasteiger charge is -2.39. The van der Waals surface area contributed by atoms with Crippen molar-refractivity contribution in [1.29, 1.82) is 0 Å². The molecule has 1 heterocycles. The van der Waals surface area contributed by atoms with Gasteiger partial charge in [-0.05, 0) is 30.6 Å². The Hall–Kier alpha value is -0.733. The maximum absolute atomic E-state index is 11.8. The molecule has 0 N–H and O–H groups in total. The smallest absolute Gasteiger partial charge is 0.264 e. The van der Waals surface area contributed by atoms with Gasteiger partial charge in [-0.25, -0.2) is 0 Å². The Kier molecular flexibility index (Phi) is 6.40. The molecule has 0 radical (unpaired) electrons. The van der Waals surface area contributed by atoms with Crippen LogP contribution in [0.4, 0.5) is 0 Å². The minimum Gasteiger partial charge on any atom is -0.410 e. The number of nitrogens with zero attached hydrogens (tertiary/aromatic N) is 1. The van der Waals surface area contributed by atoms with Crippen LogP contribution < -0.4 is 0 Å². The molecule has 0 saturated carbocycles. The summed E-state index contributed by atoms with van der Waals surface area (Å²) in [6.07, 6.45) is 0.385. The van der Waals surface area contributed by atoms with Crippen LogP contribution in [0.2, 0.25) is 18.1 Å². The molecule has 2 rings (SSSR count). The second kappa shape index (κ2) is 7.71. The van der Waals surface area contributed by atoms with E-state index >= 15 is 0 Å². The second-order valence-electron chi connectivity index (χ2n) is 8.84. The molecule has 26 heavy (non-hydrogen) atoms. The predicted octanol–water partition coefficient (Wildman–Crippen LogP) is 3.63. The van der Waals surface area contributed by atoms with Gasteiger partial charge in [0.15, 0.2) is 8.32 Å². The molecule has 1 aromatic carbocycles. The molecule has 5 nitrogen and oxygen atoms in total. The Bertz CT molecular complexity index is 700. The molecule has 1 aliphatic rings. The highest BCUT2D eigenvalue weighted by molar-refractivity contribution is 7.86. The Morgan fingerprint density at radius 3 is 2.27 bits per heavy atom. The van der Waals surface area contributed by atoms with Crippen molar-refractivity contribution in [3.8, 4) is 0 Å². The first-order chi connectivity index (χ1) is 11.8. The van der Waals surface area contributed by atoms with Gasteiger partial charge in [0.05, 0.1) is 12.4 Å². The van der Waals surface area contributed by atoms with Gasteiger partial charge in [0.1, 0.15) is 6.10 Å². The summed E-state index contributed by atoms with van der Waals surface area (Å²) in [5, 5.41) is 0.0543. The maximum Gasteiger partial charge on any atom is 0.264 e. The van der Waals surface area contributed by atoms with E-state index in [1.807, 2.05) is 25.1 Å². The molecule has 0 bridgehead atoms. The minimum absolute atomic E-state index is 0.0419. The number of likely N-dealkylation sites (tertiary alicyclic amines) is 1. The molecule has 0 aliphatic carbocycles. The van der Waals surface area contributed by atoms with Crippen LogP contribution in [-0.2, 0) is 25.3 Å². The molecule has 0 spiro atoms.